The first-order valence-electron chi connectivity index (χ1n) is 7.25. The molecule has 0 N–H and O–H groups in total. The Kier molecular flexibility index (Phi) is 2.25. The topological polar surface area (TPSA) is 36.9 Å². The highest BCUT2D eigenvalue weighted by atomic mass is 17.3. The van der Waals surface area contributed by atoms with Gasteiger partial charge in [-0.1, -0.05) is 6.92 Å². The van der Waals surface area contributed by atoms with Crippen molar-refractivity contribution < 1.29 is 19.2 Å². The summed E-state index contributed by atoms with van der Waals surface area (Å²) in [5.74, 6) is 0.939. The molecular weight excluding hydrogens is 232 g/mol. The number of hydrogen-bond acceptors (Lipinski definition) is 4. The maximum absolute atomic E-state index is 6.10. The normalized spacial score (nSPS) is 62.5. The van der Waals surface area contributed by atoms with Crippen LogP contribution in [0.1, 0.15) is 46.5 Å². The molecule has 2 bridgehead atoms. The number of rotatable bonds is 0. The summed E-state index contributed by atoms with van der Waals surface area (Å²) in [6, 6.07) is 0. The number of fused-ring (bicyclic) bond motifs is 2. The van der Waals surface area contributed by atoms with Gasteiger partial charge in [-0.05, 0) is 44.9 Å². The van der Waals surface area contributed by atoms with Crippen LogP contribution in [-0.4, -0.2) is 23.8 Å². The third-order valence-electron chi connectivity index (χ3n) is 5.68. The van der Waals surface area contributed by atoms with Crippen molar-refractivity contribution in [2.45, 2.75) is 70.2 Å². The molecule has 4 aliphatic heterocycles. The molecular formula is C14H22O4. The molecule has 1 saturated carbocycles. The van der Waals surface area contributed by atoms with Gasteiger partial charge in [0.05, 0.1) is 6.10 Å². The Balaban J connectivity index is 1.82. The van der Waals surface area contributed by atoms with Gasteiger partial charge in [0.15, 0.2) is 11.9 Å². The van der Waals surface area contributed by atoms with Crippen LogP contribution in [-0.2, 0) is 19.2 Å². The second-order valence-electron chi connectivity index (χ2n) is 6.75. The largest absolute Gasteiger partial charge is 0.346 e. The molecule has 4 nitrogen and oxygen atoms in total. The fourth-order valence-electron chi connectivity index (χ4n) is 4.65. The van der Waals surface area contributed by atoms with Crippen molar-refractivity contribution in [3.63, 3.8) is 0 Å². The van der Waals surface area contributed by atoms with E-state index in [9.17, 15) is 0 Å². The van der Waals surface area contributed by atoms with Crippen LogP contribution in [0, 0.1) is 17.8 Å². The summed E-state index contributed by atoms with van der Waals surface area (Å²) in [6.45, 7) is 6.44. The maximum Gasteiger partial charge on any atom is 0.201 e. The zero-order valence-electron chi connectivity index (χ0n) is 11.3. The summed E-state index contributed by atoms with van der Waals surface area (Å²) in [5, 5.41) is 0. The highest BCUT2D eigenvalue weighted by molar-refractivity contribution is 5.10. The predicted molar refractivity (Wildman–Crippen MR) is 63.3 cm³/mol. The van der Waals surface area contributed by atoms with Crippen LogP contribution < -0.4 is 0 Å². The Morgan fingerprint density at radius 2 is 1.83 bits per heavy atom. The van der Waals surface area contributed by atoms with Crippen molar-refractivity contribution in [3.8, 4) is 0 Å². The first kappa shape index (κ1) is 11.6. The lowest BCUT2D eigenvalue weighted by atomic mass is 9.62. The minimum atomic E-state index is -0.623. The van der Waals surface area contributed by atoms with E-state index >= 15 is 0 Å². The van der Waals surface area contributed by atoms with E-state index in [1.807, 2.05) is 6.92 Å². The molecule has 1 spiro atoms. The van der Waals surface area contributed by atoms with Gasteiger partial charge in [0.1, 0.15) is 0 Å². The van der Waals surface area contributed by atoms with E-state index in [1.54, 1.807) is 0 Å². The number of ether oxygens (including phenoxy) is 2. The molecule has 0 aromatic carbocycles. The fourth-order valence-corrected chi connectivity index (χ4v) is 4.65. The van der Waals surface area contributed by atoms with Gasteiger partial charge in [0.2, 0.25) is 5.79 Å². The molecule has 5 aliphatic rings. The quantitative estimate of drug-likeness (QED) is 0.623. The van der Waals surface area contributed by atoms with Crippen LogP contribution in [0.25, 0.3) is 0 Å². The standard InChI is InChI=1S/C14H22O4/c1-8-4-5-11-9(2)15-12-14(11)10(8)6-7-13(3,16-12)17-18-14/h8-12H,4-7H2,1-3H3/t8-,9?,10+,11+,12?,13-,14-/m1/s1. The lowest BCUT2D eigenvalue weighted by molar-refractivity contribution is -0.541. The molecule has 0 aromatic heterocycles. The predicted octanol–water partition coefficient (Wildman–Crippen LogP) is 2.62. The van der Waals surface area contributed by atoms with E-state index in [-0.39, 0.29) is 18.0 Å². The van der Waals surface area contributed by atoms with Gasteiger partial charge in [0, 0.05) is 12.3 Å². The molecule has 2 unspecified atom stereocenters. The van der Waals surface area contributed by atoms with E-state index < -0.39 is 5.79 Å². The molecule has 4 heterocycles. The van der Waals surface area contributed by atoms with Crippen LogP contribution in [0.3, 0.4) is 0 Å². The minimum Gasteiger partial charge on any atom is -0.346 e. The Morgan fingerprint density at radius 1 is 1.00 bits per heavy atom. The first-order chi connectivity index (χ1) is 8.55. The van der Waals surface area contributed by atoms with Gasteiger partial charge >= 0.3 is 0 Å². The molecule has 0 radical (unpaired) electrons. The fraction of sp³-hybridized carbons (Fsp3) is 1.00. The van der Waals surface area contributed by atoms with Crippen molar-refractivity contribution >= 4 is 0 Å². The summed E-state index contributed by atoms with van der Waals surface area (Å²) < 4.78 is 12.2. The average molecular weight is 254 g/mol. The van der Waals surface area contributed by atoms with E-state index in [0.717, 1.165) is 19.3 Å². The van der Waals surface area contributed by atoms with Crippen LogP contribution >= 0.6 is 0 Å². The molecule has 0 aromatic rings. The van der Waals surface area contributed by atoms with E-state index in [1.165, 1.54) is 6.42 Å². The van der Waals surface area contributed by atoms with Crippen molar-refractivity contribution in [1.82, 2.24) is 0 Å². The lowest BCUT2D eigenvalue weighted by Crippen LogP contribution is -2.61. The van der Waals surface area contributed by atoms with Crippen LogP contribution in [0.5, 0.6) is 0 Å². The van der Waals surface area contributed by atoms with Crippen LogP contribution in [0.4, 0.5) is 0 Å². The van der Waals surface area contributed by atoms with E-state index in [2.05, 4.69) is 13.8 Å². The molecule has 102 valence electrons. The number of hydrogen-bond donors (Lipinski definition) is 0. The zero-order chi connectivity index (χ0) is 12.5. The van der Waals surface area contributed by atoms with Gasteiger partial charge in [-0.2, -0.15) is 0 Å². The molecule has 5 fully saturated rings. The molecule has 1 aliphatic carbocycles. The van der Waals surface area contributed by atoms with Crippen LogP contribution in [0.15, 0.2) is 0 Å². The van der Waals surface area contributed by atoms with Crippen molar-refractivity contribution in [2.75, 3.05) is 0 Å². The minimum absolute atomic E-state index is 0.203. The second kappa shape index (κ2) is 3.48. The highest BCUT2D eigenvalue weighted by Crippen LogP contribution is 2.60. The zero-order valence-corrected chi connectivity index (χ0v) is 11.3. The van der Waals surface area contributed by atoms with Crippen molar-refractivity contribution in [1.29, 1.82) is 0 Å². The molecule has 4 saturated heterocycles. The summed E-state index contributed by atoms with van der Waals surface area (Å²) in [4.78, 5) is 11.6. The monoisotopic (exact) mass is 254 g/mol. The van der Waals surface area contributed by atoms with E-state index in [4.69, 9.17) is 19.2 Å². The van der Waals surface area contributed by atoms with E-state index in [0.29, 0.717) is 17.8 Å². The SMILES string of the molecule is CC1OC2O[C@@]3(C)CC[C@H]4[C@H](C)CC[C@@H]1[C@@]24OO3. The smallest absolute Gasteiger partial charge is 0.201 e. The van der Waals surface area contributed by atoms with Gasteiger partial charge in [-0.3, -0.25) is 0 Å². The first-order valence-corrected chi connectivity index (χ1v) is 7.25. The third kappa shape index (κ3) is 1.25. The van der Waals surface area contributed by atoms with Crippen molar-refractivity contribution in [2.24, 2.45) is 17.8 Å². The lowest BCUT2D eigenvalue weighted by Gasteiger charge is -2.50. The molecule has 7 atom stereocenters. The molecule has 4 heteroatoms. The van der Waals surface area contributed by atoms with Gasteiger partial charge in [-0.25, -0.2) is 9.78 Å². The van der Waals surface area contributed by atoms with Gasteiger partial charge in [0.25, 0.3) is 0 Å². The summed E-state index contributed by atoms with van der Waals surface area (Å²) in [6.07, 6.45) is 4.38. The maximum atomic E-state index is 6.10. The summed E-state index contributed by atoms with van der Waals surface area (Å²) in [7, 11) is 0. The Labute approximate surface area is 108 Å². The Bertz CT molecular complexity index is 373. The molecule has 18 heavy (non-hydrogen) atoms. The van der Waals surface area contributed by atoms with Gasteiger partial charge in [-0.15, -0.1) is 0 Å². The molecule has 5 rings (SSSR count). The summed E-state index contributed by atoms with van der Waals surface area (Å²) >= 11 is 0. The van der Waals surface area contributed by atoms with Crippen molar-refractivity contribution in [3.05, 3.63) is 0 Å². The second-order valence-corrected chi connectivity index (χ2v) is 6.75. The van der Waals surface area contributed by atoms with Crippen LogP contribution in [0.2, 0.25) is 0 Å². The average Bonchev–Trinajstić information content (AvgIpc) is 2.45. The Hall–Kier alpha value is -0.160. The van der Waals surface area contributed by atoms with Gasteiger partial charge < -0.3 is 9.47 Å². The molecule has 0 amide bonds. The highest BCUT2D eigenvalue weighted by Gasteiger charge is 2.70. The third-order valence-corrected chi connectivity index (χ3v) is 5.68. The Morgan fingerprint density at radius 3 is 2.67 bits per heavy atom. The summed E-state index contributed by atoms with van der Waals surface area (Å²) in [5.41, 5.74) is -0.354.